The second-order valence-corrected chi connectivity index (χ2v) is 5.90. The average Bonchev–Trinajstić information content (AvgIpc) is 3.11. The lowest BCUT2D eigenvalue weighted by molar-refractivity contribution is -0.131. The first kappa shape index (κ1) is 14.5. The fourth-order valence-corrected chi connectivity index (χ4v) is 2.97. The van der Waals surface area contributed by atoms with Crippen molar-refractivity contribution in [1.82, 2.24) is 15.0 Å². The predicted molar refractivity (Wildman–Crippen MR) is 75.8 cm³/mol. The van der Waals surface area contributed by atoms with Crippen LogP contribution in [0.15, 0.2) is 4.52 Å². The number of ether oxygens (including phenoxy) is 1. The van der Waals surface area contributed by atoms with Gasteiger partial charge in [-0.25, -0.2) is 0 Å². The summed E-state index contributed by atoms with van der Waals surface area (Å²) in [6.45, 7) is 3.23. The highest BCUT2D eigenvalue weighted by molar-refractivity contribution is 5.76. The van der Waals surface area contributed by atoms with Gasteiger partial charge >= 0.3 is 0 Å². The Morgan fingerprint density at radius 3 is 2.76 bits per heavy atom. The second-order valence-electron chi connectivity index (χ2n) is 5.90. The van der Waals surface area contributed by atoms with Crippen molar-refractivity contribution in [3.05, 3.63) is 11.7 Å². The van der Waals surface area contributed by atoms with Crippen LogP contribution < -0.4 is 0 Å². The van der Waals surface area contributed by atoms with Gasteiger partial charge in [0, 0.05) is 38.5 Å². The van der Waals surface area contributed by atoms with Gasteiger partial charge in [-0.1, -0.05) is 18.0 Å². The second kappa shape index (κ2) is 7.02. The molecule has 0 saturated carbocycles. The van der Waals surface area contributed by atoms with Crippen LogP contribution in [0.1, 0.15) is 56.2 Å². The molecule has 0 N–H and O–H groups in total. The van der Waals surface area contributed by atoms with E-state index < -0.39 is 0 Å². The van der Waals surface area contributed by atoms with Crippen LogP contribution >= 0.6 is 0 Å². The smallest absolute Gasteiger partial charge is 0.227 e. The van der Waals surface area contributed by atoms with Gasteiger partial charge in [0.2, 0.25) is 11.8 Å². The molecule has 21 heavy (non-hydrogen) atoms. The molecule has 1 aromatic heterocycles. The molecule has 3 rings (SSSR count). The zero-order chi connectivity index (χ0) is 14.5. The number of hydrogen-bond donors (Lipinski definition) is 0. The largest absolute Gasteiger partial charge is 0.381 e. The normalized spacial score (nSPS) is 23.2. The van der Waals surface area contributed by atoms with Gasteiger partial charge in [0.25, 0.3) is 0 Å². The number of hydrogen-bond acceptors (Lipinski definition) is 5. The number of rotatable bonds is 4. The van der Waals surface area contributed by atoms with Gasteiger partial charge in [-0.15, -0.1) is 0 Å². The standard InChI is InChI=1S/C15H23N3O3/c19-14(18-8-3-1-2-4-9-18)6-5-13-16-15(17-21-13)12-7-10-20-11-12/h12H,1-11H2/t12-/m1/s1. The Hall–Kier alpha value is -1.43. The first-order valence-corrected chi connectivity index (χ1v) is 8.01. The van der Waals surface area contributed by atoms with E-state index in [-0.39, 0.29) is 11.8 Å². The molecular weight excluding hydrogens is 270 g/mol. The summed E-state index contributed by atoms with van der Waals surface area (Å²) in [6.07, 6.45) is 6.67. The van der Waals surface area contributed by atoms with E-state index in [2.05, 4.69) is 10.1 Å². The molecule has 2 saturated heterocycles. The van der Waals surface area contributed by atoms with Crippen molar-refractivity contribution in [2.75, 3.05) is 26.3 Å². The number of carbonyl (C=O) groups is 1. The first-order valence-electron chi connectivity index (χ1n) is 8.01. The van der Waals surface area contributed by atoms with Crippen molar-refractivity contribution >= 4 is 5.91 Å². The molecule has 0 spiro atoms. The minimum Gasteiger partial charge on any atom is -0.381 e. The number of aryl methyl sites for hydroxylation is 1. The Morgan fingerprint density at radius 1 is 1.24 bits per heavy atom. The summed E-state index contributed by atoms with van der Waals surface area (Å²) in [5.41, 5.74) is 0. The molecule has 3 heterocycles. The molecule has 0 bridgehead atoms. The topological polar surface area (TPSA) is 68.5 Å². The van der Waals surface area contributed by atoms with Crippen LogP contribution in [0.25, 0.3) is 0 Å². The van der Waals surface area contributed by atoms with Crippen LogP contribution in [-0.2, 0) is 16.0 Å². The summed E-state index contributed by atoms with van der Waals surface area (Å²) < 4.78 is 10.6. The highest BCUT2D eigenvalue weighted by Crippen LogP contribution is 2.22. The van der Waals surface area contributed by atoms with Gasteiger partial charge in [0.05, 0.1) is 6.61 Å². The third-order valence-corrected chi connectivity index (χ3v) is 4.29. The van der Waals surface area contributed by atoms with Crippen molar-refractivity contribution < 1.29 is 14.1 Å². The summed E-state index contributed by atoms with van der Waals surface area (Å²) in [7, 11) is 0. The highest BCUT2D eigenvalue weighted by atomic mass is 16.5. The Kier molecular flexibility index (Phi) is 4.85. The Bertz CT molecular complexity index is 460. The molecule has 2 aliphatic rings. The molecule has 116 valence electrons. The van der Waals surface area contributed by atoms with E-state index in [4.69, 9.17) is 9.26 Å². The van der Waals surface area contributed by atoms with Crippen LogP contribution in [0.4, 0.5) is 0 Å². The van der Waals surface area contributed by atoms with Gasteiger partial charge in [-0.05, 0) is 19.3 Å². The molecule has 6 nitrogen and oxygen atoms in total. The van der Waals surface area contributed by atoms with E-state index >= 15 is 0 Å². The number of carbonyl (C=O) groups excluding carboxylic acids is 1. The van der Waals surface area contributed by atoms with E-state index in [0.29, 0.717) is 25.3 Å². The van der Waals surface area contributed by atoms with Crippen molar-refractivity contribution in [1.29, 1.82) is 0 Å². The number of likely N-dealkylation sites (tertiary alicyclic amines) is 1. The summed E-state index contributed by atoms with van der Waals surface area (Å²) in [5.74, 6) is 1.76. The monoisotopic (exact) mass is 293 g/mol. The summed E-state index contributed by atoms with van der Waals surface area (Å²) in [5, 5.41) is 4.01. The maximum atomic E-state index is 12.2. The highest BCUT2D eigenvalue weighted by Gasteiger charge is 2.23. The van der Waals surface area contributed by atoms with E-state index in [9.17, 15) is 4.79 Å². The summed E-state index contributed by atoms with van der Waals surface area (Å²) >= 11 is 0. The van der Waals surface area contributed by atoms with Gasteiger partial charge in [-0.2, -0.15) is 4.98 Å². The molecule has 6 heteroatoms. The third kappa shape index (κ3) is 3.81. The Balaban J connectivity index is 1.48. The lowest BCUT2D eigenvalue weighted by Gasteiger charge is -2.19. The molecule has 0 aromatic carbocycles. The predicted octanol–water partition coefficient (Wildman–Crippen LogP) is 1.91. The molecule has 0 radical (unpaired) electrons. The maximum absolute atomic E-state index is 12.2. The molecule has 0 aliphatic carbocycles. The van der Waals surface area contributed by atoms with Gasteiger partial charge < -0.3 is 14.2 Å². The van der Waals surface area contributed by atoms with E-state index in [1.165, 1.54) is 12.8 Å². The lowest BCUT2D eigenvalue weighted by atomic mass is 10.1. The van der Waals surface area contributed by atoms with Crippen LogP contribution in [0, 0.1) is 0 Å². The summed E-state index contributed by atoms with van der Waals surface area (Å²) in [6, 6.07) is 0. The van der Waals surface area contributed by atoms with Gasteiger partial charge in [-0.3, -0.25) is 4.79 Å². The van der Waals surface area contributed by atoms with Crippen LogP contribution in [0.5, 0.6) is 0 Å². The molecule has 1 amide bonds. The van der Waals surface area contributed by atoms with E-state index in [1.807, 2.05) is 4.90 Å². The van der Waals surface area contributed by atoms with Crippen molar-refractivity contribution in [3.8, 4) is 0 Å². The van der Waals surface area contributed by atoms with Crippen molar-refractivity contribution in [3.63, 3.8) is 0 Å². The first-order chi connectivity index (χ1) is 10.3. The Morgan fingerprint density at radius 2 is 2.05 bits per heavy atom. The quantitative estimate of drug-likeness (QED) is 0.848. The van der Waals surface area contributed by atoms with Crippen LogP contribution in [-0.4, -0.2) is 47.3 Å². The zero-order valence-electron chi connectivity index (χ0n) is 12.4. The molecular formula is C15H23N3O3. The van der Waals surface area contributed by atoms with Crippen molar-refractivity contribution in [2.45, 2.75) is 50.9 Å². The molecule has 0 unspecified atom stereocenters. The minimum absolute atomic E-state index is 0.209. The number of aromatic nitrogens is 2. The fraction of sp³-hybridized carbons (Fsp3) is 0.800. The maximum Gasteiger partial charge on any atom is 0.227 e. The number of amides is 1. The third-order valence-electron chi connectivity index (χ3n) is 4.29. The molecule has 2 fully saturated rings. The van der Waals surface area contributed by atoms with Gasteiger partial charge in [0.15, 0.2) is 5.82 Å². The summed E-state index contributed by atoms with van der Waals surface area (Å²) in [4.78, 5) is 18.6. The van der Waals surface area contributed by atoms with Crippen molar-refractivity contribution in [2.24, 2.45) is 0 Å². The average molecular weight is 293 g/mol. The zero-order valence-corrected chi connectivity index (χ0v) is 12.4. The molecule has 1 aromatic rings. The SMILES string of the molecule is O=C(CCc1nc([C@@H]2CCOC2)no1)N1CCCCCC1. The minimum atomic E-state index is 0.209. The molecule has 2 aliphatic heterocycles. The van der Waals surface area contributed by atoms with E-state index in [1.54, 1.807) is 0 Å². The van der Waals surface area contributed by atoms with E-state index in [0.717, 1.165) is 44.8 Å². The van der Waals surface area contributed by atoms with Gasteiger partial charge in [0.1, 0.15) is 0 Å². The number of nitrogens with zero attached hydrogens (tertiary/aromatic N) is 3. The van der Waals surface area contributed by atoms with Crippen LogP contribution in [0.3, 0.4) is 0 Å². The Labute approximate surface area is 124 Å². The lowest BCUT2D eigenvalue weighted by Crippen LogP contribution is -2.31. The van der Waals surface area contributed by atoms with Crippen LogP contribution in [0.2, 0.25) is 0 Å². The molecule has 1 atom stereocenters. The fourth-order valence-electron chi connectivity index (χ4n) is 2.97.